The van der Waals surface area contributed by atoms with Gasteiger partial charge in [-0.1, -0.05) is 19.1 Å². The molecule has 23 heavy (non-hydrogen) atoms. The number of benzene rings is 1. The van der Waals surface area contributed by atoms with Crippen molar-refractivity contribution in [2.75, 3.05) is 0 Å². The molecule has 1 aromatic heterocycles. The Morgan fingerprint density at radius 1 is 1.39 bits per heavy atom. The number of primary amides is 1. The van der Waals surface area contributed by atoms with E-state index in [1.807, 2.05) is 24.4 Å². The van der Waals surface area contributed by atoms with Gasteiger partial charge in [0.25, 0.3) is 5.91 Å². The number of nitrogens with zero attached hydrogens (tertiary/aromatic N) is 1. The van der Waals surface area contributed by atoms with Gasteiger partial charge in [0, 0.05) is 16.5 Å². The quantitative estimate of drug-likeness (QED) is 0.753. The molecule has 0 saturated carbocycles. The largest absolute Gasteiger partial charge is 0.369 e. The number of thiazole rings is 1. The molecule has 2 rings (SSSR count). The molecule has 2 unspecified atom stereocenters. The predicted octanol–water partition coefficient (Wildman–Crippen LogP) is 2.99. The fourth-order valence-electron chi connectivity index (χ4n) is 1.99. The van der Waals surface area contributed by atoms with Crippen LogP contribution in [0.5, 0.6) is 0 Å². The zero-order valence-corrected chi connectivity index (χ0v) is 14.6. The number of hydrogen-bond donors (Lipinski definition) is 2. The standard InChI is InChI=1S/C16H19N3O2S2/c1-3-12(16-18-8-9-22-16)19-15(21)11-6-4-5-7-13(11)23-10(2)14(17)20/h4-10,12H,3H2,1-2H3,(H2,17,20)(H,19,21). The molecule has 0 bridgehead atoms. The lowest BCUT2D eigenvalue weighted by molar-refractivity contribution is -0.117. The maximum atomic E-state index is 12.6. The highest BCUT2D eigenvalue weighted by molar-refractivity contribution is 8.00. The second kappa shape index (κ2) is 8.12. The van der Waals surface area contributed by atoms with Gasteiger partial charge >= 0.3 is 0 Å². The molecule has 122 valence electrons. The van der Waals surface area contributed by atoms with E-state index in [1.165, 1.54) is 23.1 Å². The van der Waals surface area contributed by atoms with Gasteiger partial charge in [-0.2, -0.15) is 0 Å². The number of amides is 2. The van der Waals surface area contributed by atoms with Crippen LogP contribution in [0.1, 0.15) is 41.7 Å². The Bertz CT molecular complexity index is 674. The number of carbonyl (C=O) groups is 2. The van der Waals surface area contributed by atoms with Gasteiger partial charge in [-0.15, -0.1) is 23.1 Å². The molecular weight excluding hydrogens is 330 g/mol. The van der Waals surface area contributed by atoms with Gasteiger partial charge in [-0.3, -0.25) is 9.59 Å². The Kier molecular flexibility index (Phi) is 6.18. The van der Waals surface area contributed by atoms with Crippen molar-refractivity contribution >= 4 is 34.9 Å². The van der Waals surface area contributed by atoms with Gasteiger partial charge < -0.3 is 11.1 Å². The average Bonchev–Trinajstić information content (AvgIpc) is 3.07. The zero-order valence-electron chi connectivity index (χ0n) is 13.0. The van der Waals surface area contributed by atoms with Crippen LogP contribution in [0.3, 0.4) is 0 Å². The minimum absolute atomic E-state index is 0.117. The number of rotatable bonds is 7. The molecule has 0 fully saturated rings. The van der Waals surface area contributed by atoms with Crippen LogP contribution in [0.4, 0.5) is 0 Å². The molecule has 0 spiro atoms. The summed E-state index contributed by atoms with van der Waals surface area (Å²) in [5.74, 6) is -0.578. The van der Waals surface area contributed by atoms with E-state index >= 15 is 0 Å². The summed E-state index contributed by atoms with van der Waals surface area (Å²) in [4.78, 5) is 28.9. The number of aromatic nitrogens is 1. The van der Waals surface area contributed by atoms with Crippen molar-refractivity contribution in [3.63, 3.8) is 0 Å². The molecule has 7 heteroatoms. The topological polar surface area (TPSA) is 85.1 Å². The highest BCUT2D eigenvalue weighted by Crippen LogP contribution is 2.27. The molecule has 0 aliphatic heterocycles. The first kappa shape index (κ1) is 17.5. The summed E-state index contributed by atoms with van der Waals surface area (Å²) in [6.45, 7) is 3.73. The van der Waals surface area contributed by atoms with E-state index in [4.69, 9.17) is 5.73 Å². The number of nitrogens with one attached hydrogen (secondary N) is 1. The van der Waals surface area contributed by atoms with Gasteiger partial charge in [0.1, 0.15) is 5.01 Å². The van der Waals surface area contributed by atoms with Crippen molar-refractivity contribution in [1.82, 2.24) is 10.3 Å². The molecule has 3 N–H and O–H groups in total. The Balaban J connectivity index is 2.17. The third kappa shape index (κ3) is 4.56. The van der Waals surface area contributed by atoms with Crippen LogP contribution in [0.25, 0.3) is 0 Å². The van der Waals surface area contributed by atoms with Crippen LogP contribution in [-0.2, 0) is 4.79 Å². The molecule has 0 saturated heterocycles. The van der Waals surface area contributed by atoms with Gasteiger partial charge in [-0.25, -0.2) is 4.98 Å². The summed E-state index contributed by atoms with van der Waals surface area (Å²) in [7, 11) is 0. The summed E-state index contributed by atoms with van der Waals surface area (Å²) >= 11 is 2.81. The molecule has 5 nitrogen and oxygen atoms in total. The highest BCUT2D eigenvalue weighted by atomic mass is 32.2. The molecule has 0 aliphatic carbocycles. The van der Waals surface area contributed by atoms with Crippen LogP contribution in [0.2, 0.25) is 0 Å². The van der Waals surface area contributed by atoms with Crippen molar-refractivity contribution in [3.05, 3.63) is 46.4 Å². The van der Waals surface area contributed by atoms with E-state index < -0.39 is 11.2 Å². The number of nitrogens with two attached hydrogens (primary N) is 1. The Morgan fingerprint density at radius 2 is 2.13 bits per heavy atom. The predicted molar refractivity (Wildman–Crippen MR) is 93.6 cm³/mol. The summed E-state index contributed by atoms with van der Waals surface area (Å²) < 4.78 is 0. The number of thioether (sulfide) groups is 1. The Labute approximate surface area is 143 Å². The molecular formula is C16H19N3O2S2. The Morgan fingerprint density at radius 3 is 2.74 bits per heavy atom. The van der Waals surface area contributed by atoms with Gasteiger partial charge in [0.05, 0.1) is 16.9 Å². The lowest BCUT2D eigenvalue weighted by Gasteiger charge is -2.17. The second-order valence-corrected chi connectivity index (χ2v) is 7.27. The molecule has 1 aromatic carbocycles. The van der Waals surface area contributed by atoms with Crippen molar-refractivity contribution in [1.29, 1.82) is 0 Å². The lowest BCUT2D eigenvalue weighted by Crippen LogP contribution is -2.29. The summed E-state index contributed by atoms with van der Waals surface area (Å²) in [5.41, 5.74) is 5.85. The maximum absolute atomic E-state index is 12.6. The van der Waals surface area contributed by atoms with E-state index in [2.05, 4.69) is 10.3 Å². The second-order valence-electron chi connectivity index (χ2n) is 4.96. The summed E-state index contributed by atoms with van der Waals surface area (Å²) in [5, 5.41) is 5.39. The van der Waals surface area contributed by atoms with E-state index in [0.717, 1.165) is 16.3 Å². The number of hydrogen-bond acceptors (Lipinski definition) is 5. The zero-order chi connectivity index (χ0) is 16.8. The average molecular weight is 349 g/mol. The van der Waals surface area contributed by atoms with Crippen molar-refractivity contribution in [3.8, 4) is 0 Å². The first-order chi connectivity index (χ1) is 11.0. The van der Waals surface area contributed by atoms with Crippen molar-refractivity contribution in [2.45, 2.75) is 36.5 Å². The first-order valence-corrected chi connectivity index (χ1v) is 9.04. The lowest BCUT2D eigenvalue weighted by atomic mass is 10.1. The van der Waals surface area contributed by atoms with E-state index in [-0.39, 0.29) is 11.9 Å². The van der Waals surface area contributed by atoms with Crippen molar-refractivity contribution < 1.29 is 9.59 Å². The highest BCUT2D eigenvalue weighted by Gasteiger charge is 2.20. The third-order valence-corrected chi connectivity index (χ3v) is 5.38. The monoisotopic (exact) mass is 349 g/mol. The van der Waals surface area contributed by atoms with Crippen LogP contribution in [-0.4, -0.2) is 22.0 Å². The first-order valence-electron chi connectivity index (χ1n) is 7.28. The normalized spacial score (nSPS) is 13.3. The van der Waals surface area contributed by atoms with Crippen LogP contribution >= 0.6 is 23.1 Å². The maximum Gasteiger partial charge on any atom is 0.252 e. The molecule has 0 radical (unpaired) electrons. The van der Waals surface area contributed by atoms with E-state index in [1.54, 1.807) is 25.3 Å². The van der Waals surface area contributed by atoms with Gasteiger partial charge in [0.2, 0.25) is 5.91 Å². The van der Waals surface area contributed by atoms with Gasteiger partial charge in [-0.05, 0) is 25.5 Å². The van der Waals surface area contributed by atoms with Crippen molar-refractivity contribution in [2.24, 2.45) is 5.73 Å². The third-order valence-electron chi connectivity index (χ3n) is 3.30. The molecule has 1 heterocycles. The smallest absolute Gasteiger partial charge is 0.252 e. The van der Waals surface area contributed by atoms with Crippen LogP contribution in [0.15, 0.2) is 40.7 Å². The summed E-state index contributed by atoms with van der Waals surface area (Å²) in [6.07, 6.45) is 2.49. The molecule has 2 amide bonds. The van der Waals surface area contributed by atoms with Crippen LogP contribution in [0, 0.1) is 0 Å². The minimum atomic E-state index is -0.403. The van der Waals surface area contributed by atoms with E-state index in [9.17, 15) is 9.59 Å². The van der Waals surface area contributed by atoms with Gasteiger partial charge in [0.15, 0.2) is 0 Å². The summed E-state index contributed by atoms with van der Waals surface area (Å²) in [6, 6.07) is 7.10. The van der Waals surface area contributed by atoms with Crippen LogP contribution < -0.4 is 11.1 Å². The molecule has 2 aromatic rings. The molecule has 0 aliphatic rings. The fraction of sp³-hybridized carbons (Fsp3) is 0.312. The minimum Gasteiger partial charge on any atom is -0.369 e. The molecule has 2 atom stereocenters. The fourth-order valence-corrected chi connectivity index (χ4v) is 3.70. The Hall–Kier alpha value is -1.86. The SMILES string of the molecule is CCC(NC(=O)c1ccccc1SC(C)C(N)=O)c1nccs1. The van der Waals surface area contributed by atoms with E-state index in [0.29, 0.717) is 5.56 Å². The number of carbonyl (C=O) groups excluding carboxylic acids is 2.